The highest BCUT2D eigenvalue weighted by atomic mass is 79.9. The Balaban J connectivity index is 1.98. The first-order valence-electron chi connectivity index (χ1n) is 6.60. The number of hydrogen-bond donors (Lipinski definition) is 1. The van der Waals surface area contributed by atoms with E-state index >= 15 is 0 Å². The average molecular weight is 360 g/mol. The van der Waals surface area contributed by atoms with Gasteiger partial charge in [-0.25, -0.2) is 9.97 Å². The lowest BCUT2D eigenvalue weighted by Crippen LogP contribution is -2.10. The number of nitrogens with zero attached hydrogens (tertiary/aromatic N) is 2. The molecule has 3 aromatic rings. The summed E-state index contributed by atoms with van der Waals surface area (Å²) in [5.74, 6) is 0. The average Bonchev–Trinajstić information content (AvgIpc) is 2.53. The van der Waals surface area contributed by atoms with Crippen LogP contribution in [0.15, 0.2) is 64.4 Å². The molecule has 0 spiro atoms. The van der Waals surface area contributed by atoms with Crippen LogP contribution in [-0.2, 0) is 0 Å². The molecule has 0 radical (unpaired) electrons. The zero-order valence-corrected chi connectivity index (χ0v) is 13.6. The Morgan fingerprint density at radius 3 is 2.62 bits per heavy atom. The van der Waals surface area contributed by atoms with Gasteiger partial charge < -0.3 is 5.73 Å². The summed E-state index contributed by atoms with van der Waals surface area (Å²) >= 11 is 5.28. The number of thioether (sulfide) groups is 1. The van der Waals surface area contributed by atoms with Gasteiger partial charge in [-0.3, -0.25) is 0 Å². The van der Waals surface area contributed by atoms with E-state index in [0.29, 0.717) is 6.54 Å². The summed E-state index contributed by atoms with van der Waals surface area (Å²) in [5, 5.41) is 2.18. The minimum atomic E-state index is 0.152. The van der Waals surface area contributed by atoms with Crippen LogP contribution in [0, 0.1) is 0 Å². The molecule has 2 aromatic carbocycles. The van der Waals surface area contributed by atoms with Crippen LogP contribution in [0.5, 0.6) is 0 Å². The molecule has 0 aliphatic rings. The maximum absolute atomic E-state index is 5.98. The fourth-order valence-corrected chi connectivity index (χ4v) is 4.00. The number of aromatic nitrogens is 2. The molecule has 2 N–H and O–H groups in total. The van der Waals surface area contributed by atoms with Crippen LogP contribution in [0.2, 0.25) is 0 Å². The van der Waals surface area contributed by atoms with E-state index in [2.05, 4.69) is 32.0 Å². The van der Waals surface area contributed by atoms with Gasteiger partial charge in [0.25, 0.3) is 0 Å². The highest BCUT2D eigenvalue weighted by Crippen LogP contribution is 2.38. The highest BCUT2D eigenvalue weighted by Gasteiger charge is 2.16. The van der Waals surface area contributed by atoms with E-state index in [1.165, 1.54) is 5.56 Å². The lowest BCUT2D eigenvalue weighted by molar-refractivity contribution is 0.930. The van der Waals surface area contributed by atoms with Gasteiger partial charge in [0.1, 0.15) is 11.4 Å². The van der Waals surface area contributed by atoms with E-state index < -0.39 is 0 Å². The molecule has 21 heavy (non-hydrogen) atoms. The predicted molar refractivity (Wildman–Crippen MR) is 91.3 cm³/mol. The summed E-state index contributed by atoms with van der Waals surface area (Å²) in [5.41, 5.74) is 8.12. The van der Waals surface area contributed by atoms with E-state index in [1.54, 1.807) is 18.1 Å². The molecule has 0 fully saturated rings. The zero-order valence-electron chi connectivity index (χ0n) is 11.2. The molecule has 0 aliphatic carbocycles. The molecule has 0 amide bonds. The van der Waals surface area contributed by atoms with Crippen molar-refractivity contribution in [3.63, 3.8) is 0 Å². The molecule has 0 saturated heterocycles. The van der Waals surface area contributed by atoms with E-state index in [1.807, 2.05) is 42.5 Å². The van der Waals surface area contributed by atoms with Crippen molar-refractivity contribution in [3.8, 4) is 0 Å². The maximum atomic E-state index is 5.98. The summed E-state index contributed by atoms with van der Waals surface area (Å²) in [6.07, 6.45) is 1.61. The number of rotatable bonds is 4. The molecule has 1 aromatic heterocycles. The van der Waals surface area contributed by atoms with Gasteiger partial charge in [-0.1, -0.05) is 64.1 Å². The Bertz CT molecular complexity index is 758. The zero-order chi connectivity index (χ0) is 14.7. The number of halogens is 1. The molecule has 1 heterocycles. The summed E-state index contributed by atoms with van der Waals surface area (Å²) in [4.78, 5) is 8.73. The molecule has 106 valence electrons. The molecule has 0 saturated carbocycles. The fraction of sp³-hybridized carbons (Fsp3) is 0.125. The molecule has 0 bridgehead atoms. The molecule has 3 rings (SSSR count). The Kier molecular flexibility index (Phi) is 4.53. The van der Waals surface area contributed by atoms with Crippen molar-refractivity contribution in [1.29, 1.82) is 0 Å². The third-order valence-electron chi connectivity index (χ3n) is 3.23. The summed E-state index contributed by atoms with van der Waals surface area (Å²) in [6.45, 7) is 0.547. The van der Waals surface area contributed by atoms with Gasteiger partial charge in [-0.15, -0.1) is 0 Å². The quantitative estimate of drug-likeness (QED) is 0.560. The van der Waals surface area contributed by atoms with Crippen LogP contribution in [-0.4, -0.2) is 16.5 Å². The van der Waals surface area contributed by atoms with Crippen LogP contribution >= 0.6 is 27.7 Å². The third kappa shape index (κ3) is 3.10. The number of nitrogens with two attached hydrogens (primary N) is 1. The lowest BCUT2D eigenvalue weighted by Gasteiger charge is -2.16. The second-order valence-corrected chi connectivity index (χ2v) is 6.61. The molecular weight excluding hydrogens is 346 g/mol. The van der Waals surface area contributed by atoms with Crippen LogP contribution in [0.25, 0.3) is 10.9 Å². The van der Waals surface area contributed by atoms with E-state index in [-0.39, 0.29) is 5.25 Å². The predicted octanol–water partition coefficient (Wildman–Crippen LogP) is 4.18. The first-order valence-corrected chi connectivity index (χ1v) is 8.27. The molecule has 1 unspecified atom stereocenters. The standard InChI is InChI=1S/C16H14BrN3S/c17-13-7-3-1-5-11(13)15(9-18)21-16-12-6-2-4-8-14(12)19-10-20-16/h1-8,10,15H,9,18H2. The van der Waals surface area contributed by atoms with Crippen molar-refractivity contribution in [2.75, 3.05) is 6.54 Å². The van der Waals surface area contributed by atoms with Crippen molar-refractivity contribution in [3.05, 3.63) is 64.9 Å². The third-order valence-corrected chi connectivity index (χ3v) is 5.23. The van der Waals surface area contributed by atoms with Crippen LogP contribution in [0.3, 0.4) is 0 Å². The summed E-state index contributed by atoms with van der Waals surface area (Å²) < 4.78 is 1.08. The first-order chi connectivity index (χ1) is 10.3. The number of para-hydroxylation sites is 1. The van der Waals surface area contributed by atoms with Crippen molar-refractivity contribution in [2.24, 2.45) is 5.73 Å². The van der Waals surface area contributed by atoms with Crippen molar-refractivity contribution >= 4 is 38.6 Å². The number of benzene rings is 2. The number of hydrogen-bond acceptors (Lipinski definition) is 4. The van der Waals surface area contributed by atoms with Crippen LogP contribution < -0.4 is 5.73 Å². The number of fused-ring (bicyclic) bond motifs is 1. The molecule has 1 atom stereocenters. The van der Waals surface area contributed by atoms with Crippen molar-refractivity contribution < 1.29 is 0 Å². The van der Waals surface area contributed by atoms with Crippen molar-refractivity contribution in [1.82, 2.24) is 9.97 Å². The van der Waals surface area contributed by atoms with Crippen LogP contribution in [0.4, 0.5) is 0 Å². The van der Waals surface area contributed by atoms with E-state index in [0.717, 1.165) is 20.4 Å². The molecule has 5 heteroatoms. The Morgan fingerprint density at radius 2 is 1.81 bits per heavy atom. The maximum Gasteiger partial charge on any atom is 0.117 e. The second-order valence-electron chi connectivity index (χ2n) is 4.56. The van der Waals surface area contributed by atoms with Gasteiger partial charge in [0.15, 0.2) is 0 Å². The monoisotopic (exact) mass is 359 g/mol. The van der Waals surface area contributed by atoms with Gasteiger partial charge in [0, 0.05) is 21.7 Å². The first kappa shape index (κ1) is 14.5. The Labute approximate surface area is 136 Å². The van der Waals surface area contributed by atoms with Gasteiger partial charge in [0.05, 0.1) is 5.52 Å². The van der Waals surface area contributed by atoms with Gasteiger partial charge in [-0.2, -0.15) is 0 Å². The van der Waals surface area contributed by atoms with E-state index in [4.69, 9.17) is 5.73 Å². The highest BCUT2D eigenvalue weighted by molar-refractivity contribution is 9.10. The van der Waals surface area contributed by atoms with Crippen LogP contribution in [0.1, 0.15) is 10.8 Å². The molecule has 3 nitrogen and oxygen atoms in total. The van der Waals surface area contributed by atoms with Gasteiger partial charge in [-0.05, 0) is 17.7 Å². The van der Waals surface area contributed by atoms with Crippen molar-refractivity contribution in [2.45, 2.75) is 10.3 Å². The van der Waals surface area contributed by atoms with Gasteiger partial charge in [0.2, 0.25) is 0 Å². The topological polar surface area (TPSA) is 51.8 Å². The summed E-state index contributed by atoms with van der Waals surface area (Å²) in [7, 11) is 0. The SMILES string of the molecule is NCC(Sc1ncnc2ccccc12)c1ccccc1Br. The Hall–Kier alpha value is -1.43. The normalized spacial score (nSPS) is 12.5. The Morgan fingerprint density at radius 1 is 1.05 bits per heavy atom. The lowest BCUT2D eigenvalue weighted by atomic mass is 10.1. The second kappa shape index (κ2) is 6.56. The largest absolute Gasteiger partial charge is 0.329 e. The smallest absolute Gasteiger partial charge is 0.117 e. The minimum absolute atomic E-state index is 0.152. The molecule has 0 aliphatic heterocycles. The fourth-order valence-electron chi connectivity index (χ4n) is 2.18. The minimum Gasteiger partial charge on any atom is -0.329 e. The van der Waals surface area contributed by atoms with Gasteiger partial charge >= 0.3 is 0 Å². The summed E-state index contributed by atoms with van der Waals surface area (Å²) in [6, 6.07) is 16.2. The molecular formula is C16H14BrN3S. The van der Waals surface area contributed by atoms with E-state index in [9.17, 15) is 0 Å².